The molecule has 2 aromatic heterocycles. The zero-order chi connectivity index (χ0) is 14.7. The van der Waals surface area contributed by atoms with Crippen molar-refractivity contribution in [2.24, 2.45) is 12.8 Å². The molecule has 20 heavy (non-hydrogen) atoms. The van der Waals surface area contributed by atoms with Crippen molar-refractivity contribution >= 4 is 17.7 Å². The Morgan fingerprint density at radius 2 is 2.15 bits per heavy atom. The lowest BCUT2D eigenvalue weighted by molar-refractivity contribution is 0.0827. The summed E-state index contributed by atoms with van der Waals surface area (Å²) in [5.41, 5.74) is 6.10. The lowest BCUT2D eigenvalue weighted by Gasteiger charge is -2.09. The maximum Gasteiger partial charge on any atom is 0.254 e. The third-order valence-corrected chi connectivity index (χ3v) is 3.68. The maximum atomic E-state index is 11.7. The summed E-state index contributed by atoms with van der Waals surface area (Å²) in [7, 11) is 5.27. The molecule has 0 saturated carbocycles. The number of nitrogens with zero attached hydrogens (tertiary/aromatic N) is 5. The predicted octanol–water partition coefficient (Wildman–Crippen LogP) is 0.522. The summed E-state index contributed by atoms with van der Waals surface area (Å²) in [5.74, 6) is 0.644. The molecule has 0 fully saturated rings. The molecule has 0 spiro atoms. The van der Waals surface area contributed by atoms with Gasteiger partial charge in [-0.25, -0.2) is 4.98 Å². The molecule has 2 rings (SSSR count). The molecule has 0 aliphatic rings. The van der Waals surface area contributed by atoms with Crippen LogP contribution in [0.3, 0.4) is 0 Å². The van der Waals surface area contributed by atoms with Crippen LogP contribution >= 0.6 is 11.8 Å². The van der Waals surface area contributed by atoms with Crippen molar-refractivity contribution in [3.8, 4) is 0 Å². The minimum atomic E-state index is -0.0712. The summed E-state index contributed by atoms with van der Waals surface area (Å²) in [6, 6.07) is 3.54. The van der Waals surface area contributed by atoms with Crippen LogP contribution in [0.25, 0.3) is 0 Å². The summed E-state index contributed by atoms with van der Waals surface area (Å²) in [6.45, 7) is 0.341. The van der Waals surface area contributed by atoms with Gasteiger partial charge in [0.2, 0.25) is 0 Å². The fourth-order valence-corrected chi connectivity index (χ4v) is 2.28. The van der Waals surface area contributed by atoms with Gasteiger partial charge in [-0.1, -0.05) is 0 Å². The molecule has 1 amide bonds. The summed E-state index contributed by atoms with van der Waals surface area (Å²) in [6.07, 6.45) is 1.56. The molecule has 0 radical (unpaired) electrons. The second kappa shape index (κ2) is 6.02. The van der Waals surface area contributed by atoms with E-state index in [0.717, 1.165) is 5.03 Å². The average Bonchev–Trinajstić information content (AvgIpc) is 2.79. The highest BCUT2D eigenvalue weighted by Crippen LogP contribution is 2.24. The summed E-state index contributed by atoms with van der Waals surface area (Å²) >= 11 is 1.38. The van der Waals surface area contributed by atoms with E-state index in [4.69, 9.17) is 5.73 Å². The summed E-state index contributed by atoms with van der Waals surface area (Å²) < 4.78 is 1.82. The number of amides is 1. The first-order chi connectivity index (χ1) is 9.52. The van der Waals surface area contributed by atoms with E-state index in [2.05, 4.69) is 15.2 Å². The van der Waals surface area contributed by atoms with Crippen molar-refractivity contribution in [1.82, 2.24) is 24.6 Å². The third kappa shape index (κ3) is 2.97. The Morgan fingerprint density at radius 1 is 1.40 bits per heavy atom. The molecule has 0 atom stereocenters. The third-order valence-electron chi connectivity index (χ3n) is 2.69. The highest BCUT2D eigenvalue weighted by Gasteiger charge is 2.11. The molecule has 0 aromatic carbocycles. The van der Waals surface area contributed by atoms with Gasteiger partial charge in [0.1, 0.15) is 10.9 Å². The number of carbonyl (C=O) groups is 1. The van der Waals surface area contributed by atoms with E-state index >= 15 is 0 Å². The second-order valence-corrected chi connectivity index (χ2v) is 5.34. The van der Waals surface area contributed by atoms with E-state index < -0.39 is 0 Å². The largest absolute Gasteiger partial charge is 0.345 e. The van der Waals surface area contributed by atoms with Crippen LogP contribution in [0, 0.1) is 0 Å². The molecule has 2 heterocycles. The van der Waals surface area contributed by atoms with Gasteiger partial charge < -0.3 is 15.2 Å². The number of aromatic nitrogens is 4. The van der Waals surface area contributed by atoms with Crippen LogP contribution in [0.1, 0.15) is 16.2 Å². The minimum Gasteiger partial charge on any atom is -0.345 e. The Balaban J connectivity index is 2.14. The lowest BCUT2D eigenvalue weighted by Crippen LogP contribution is -2.21. The van der Waals surface area contributed by atoms with Gasteiger partial charge in [-0.05, 0) is 23.9 Å². The standard InChI is InChI=1S/C12H16N6OS/c1-17(2)11(19)8-4-5-10(14-7-8)20-12-16-15-9(6-13)18(12)3/h4-5,7H,6,13H2,1-3H3. The van der Waals surface area contributed by atoms with Gasteiger partial charge >= 0.3 is 0 Å². The number of nitrogens with two attached hydrogens (primary N) is 1. The Morgan fingerprint density at radius 3 is 2.65 bits per heavy atom. The molecule has 0 bridgehead atoms. The Labute approximate surface area is 121 Å². The topological polar surface area (TPSA) is 89.9 Å². The molecule has 106 valence electrons. The van der Waals surface area contributed by atoms with Crippen LogP contribution < -0.4 is 5.73 Å². The first-order valence-electron chi connectivity index (χ1n) is 5.97. The molecule has 7 nitrogen and oxygen atoms in total. The molecular weight excluding hydrogens is 276 g/mol. The van der Waals surface area contributed by atoms with E-state index in [1.165, 1.54) is 16.7 Å². The molecule has 0 unspecified atom stereocenters. The van der Waals surface area contributed by atoms with E-state index in [9.17, 15) is 4.79 Å². The summed E-state index contributed by atoms with van der Waals surface area (Å²) in [5, 5.41) is 9.49. The number of hydrogen-bond acceptors (Lipinski definition) is 6. The zero-order valence-corrected chi connectivity index (χ0v) is 12.4. The van der Waals surface area contributed by atoms with E-state index in [1.807, 2.05) is 11.6 Å². The van der Waals surface area contributed by atoms with Crippen LogP contribution in [0.15, 0.2) is 28.5 Å². The second-order valence-electron chi connectivity index (χ2n) is 4.35. The highest BCUT2D eigenvalue weighted by molar-refractivity contribution is 7.99. The van der Waals surface area contributed by atoms with Crippen LogP contribution in [0.5, 0.6) is 0 Å². The summed E-state index contributed by atoms with van der Waals surface area (Å²) in [4.78, 5) is 17.5. The Bertz CT molecular complexity index is 607. The van der Waals surface area contributed by atoms with Gasteiger partial charge in [-0.3, -0.25) is 4.79 Å². The molecule has 2 N–H and O–H groups in total. The van der Waals surface area contributed by atoms with Crippen LogP contribution in [-0.2, 0) is 13.6 Å². The number of rotatable bonds is 4. The zero-order valence-electron chi connectivity index (χ0n) is 11.6. The van der Waals surface area contributed by atoms with Crippen LogP contribution in [0.4, 0.5) is 0 Å². The first kappa shape index (κ1) is 14.5. The Kier molecular flexibility index (Phi) is 4.35. The normalized spacial score (nSPS) is 10.6. The van der Waals surface area contributed by atoms with Crippen LogP contribution in [0.2, 0.25) is 0 Å². The maximum absolute atomic E-state index is 11.7. The van der Waals surface area contributed by atoms with Crippen molar-refractivity contribution in [2.45, 2.75) is 16.7 Å². The molecule has 8 heteroatoms. The van der Waals surface area contributed by atoms with E-state index in [0.29, 0.717) is 23.1 Å². The van der Waals surface area contributed by atoms with Crippen molar-refractivity contribution in [3.63, 3.8) is 0 Å². The highest BCUT2D eigenvalue weighted by atomic mass is 32.2. The monoisotopic (exact) mass is 292 g/mol. The molecule has 0 aliphatic heterocycles. The first-order valence-corrected chi connectivity index (χ1v) is 6.78. The van der Waals surface area contributed by atoms with Gasteiger partial charge in [0.25, 0.3) is 5.91 Å². The molecule has 2 aromatic rings. The number of hydrogen-bond donors (Lipinski definition) is 1. The fraction of sp³-hybridized carbons (Fsp3) is 0.333. The SMILES string of the molecule is CN(C)C(=O)c1ccc(Sc2nnc(CN)n2C)nc1. The van der Waals surface area contributed by atoms with Gasteiger partial charge in [-0.2, -0.15) is 0 Å². The van der Waals surface area contributed by atoms with Gasteiger partial charge in [0.15, 0.2) is 5.16 Å². The van der Waals surface area contributed by atoms with Crippen molar-refractivity contribution < 1.29 is 4.79 Å². The quantitative estimate of drug-likeness (QED) is 0.883. The predicted molar refractivity (Wildman–Crippen MR) is 75.3 cm³/mol. The van der Waals surface area contributed by atoms with Crippen molar-refractivity contribution in [1.29, 1.82) is 0 Å². The van der Waals surface area contributed by atoms with E-state index in [-0.39, 0.29) is 5.91 Å². The van der Waals surface area contributed by atoms with Crippen LogP contribution in [-0.4, -0.2) is 44.7 Å². The fourth-order valence-electron chi connectivity index (χ4n) is 1.53. The molecule has 0 aliphatic carbocycles. The van der Waals surface area contributed by atoms with Gasteiger partial charge in [0.05, 0.1) is 12.1 Å². The van der Waals surface area contributed by atoms with Crippen molar-refractivity contribution in [2.75, 3.05) is 14.1 Å². The molecule has 0 saturated heterocycles. The van der Waals surface area contributed by atoms with E-state index in [1.54, 1.807) is 32.4 Å². The smallest absolute Gasteiger partial charge is 0.254 e. The van der Waals surface area contributed by atoms with Gasteiger partial charge in [-0.15, -0.1) is 10.2 Å². The van der Waals surface area contributed by atoms with Gasteiger partial charge in [0, 0.05) is 27.3 Å². The minimum absolute atomic E-state index is 0.0712. The average molecular weight is 292 g/mol. The molecular formula is C12H16N6OS. The van der Waals surface area contributed by atoms with Crippen molar-refractivity contribution in [3.05, 3.63) is 29.7 Å². The number of carbonyl (C=O) groups excluding carboxylic acids is 1. The number of pyridine rings is 1. The lowest BCUT2D eigenvalue weighted by atomic mass is 10.2. The Hall–Kier alpha value is -1.93.